The van der Waals surface area contributed by atoms with Crippen molar-refractivity contribution in [1.82, 2.24) is 0 Å². The Hall–Kier alpha value is -1.97. The molecule has 0 bridgehead atoms. The summed E-state index contributed by atoms with van der Waals surface area (Å²) in [5.74, 6) is -0.550. The van der Waals surface area contributed by atoms with Gasteiger partial charge in [0, 0.05) is 11.5 Å². The Balaban J connectivity index is 2.58. The number of carboxylic acids is 1. The van der Waals surface area contributed by atoms with E-state index in [9.17, 15) is 15.0 Å². The lowest BCUT2D eigenvalue weighted by Gasteiger charge is -2.26. The second kappa shape index (κ2) is 9.11. The molecule has 26 heavy (non-hydrogen) atoms. The summed E-state index contributed by atoms with van der Waals surface area (Å²) in [6.45, 7) is 8.10. The van der Waals surface area contributed by atoms with Gasteiger partial charge in [-0.15, -0.1) is 0 Å². The van der Waals surface area contributed by atoms with Crippen molar-refractivity contribution < 1.29 is 19.7 Å². The van der Waals surface area contributed by atoms with Crippen molar-refractivity contribution in [2.24, 2.45) is 0 Å². The van der Waals surface area contributed by atoms with E-state index in [2.05, 4.69) is 19.9 Å². The molecule has 0 radical (unpaired) electrons. The number of carboxylic acid groups (broad SMARTS) is 1. The first-order chi connectivity index (χ1) is 12.3. The Labute approximate surface area is 156 Å². The first kappa shape index (κ1) is 20.3. The number of aryl methyl sites for hydroxylation is 1. The monoisotopic (exact) mass is 360 g/mol. The standard InChI is InChI=1S/C22H32O4/c1-5-6-7-10-17-13-18(26-14(2)3)19(21(23)20(17)22(24)25)16-11-8-9-15(4)12-16/h12-14,16,23H,5-11H2,1-4H3,(H,24,25)/t16-/m0/s1. The fraction of sp³-hybridized carbons (Fsp3) is 0.591. The minimum absolute atomic E-state index is 0.000270. The average molecular weight is 360 g/mol. The number of hydrogen-bond donors (Lipinski definition) is 2. The number of carbonyl (C=O) groups is 1. The van der Waals surface area contributed by atoms with Gasteiger partial charge in [0.2, 0.25) is 0 Å². The van der Waals surface area contributed by atoms with Gasteiger partial charge in [-0.3, -0.25) is 0 Å². The number of phenols is 1. The number of benzene rings is 1. The van der Waals surface area contributed by atoms with Gasteiger partial charge in [0.05, 0.1) is 6.10 Å². The quantitative estimate of drug-likeness (QED) is 0.452. The van der Waals surface area contributed by atoms with Gasteiger partial charge in [0.15, 0.2) is 0 Å². The lowest BCUT2D eigenvalue weighted by atomic mass is 9.83. The van der Waals surface area contributed by atoms with E-state index >= 15 is 0 Å². The van der Waals surface area contributed by atoms with Crippen LogP contribution in [-0.2, 0) is 6.42 Å². The number of hydrogen-bond acceptors (Lipinski definition) is 3. The zero-order valence-corrected chi connectivity index (χ0v) is 16.5. The van der Waals surface area contributed by atoms with Crippen LogP contribution in [0.3, 0.4) is 0 Å². The van der Waals surface area contributed by atoms with Crippen LogP contribution in [0.4, 0.5) is 0 Å². The predicted molar refractivity (Wildman–Crippen MR) is 104 cm³/mol. The average Bonchev–Trinajstić information content (AvgIpc) is 2.54. The van der Waals surface area contributed by atoms with Gasteiger partial charge in [-0.25, -0.2) is 4.79 Å². The molecule has 1 atom stereocenters. The van der Waals surface area contributed by atoms with Crippen molar-refractivity contribution in [3.63, 3.8) is 0 Å². The van der Waals surface area contributed by atoms with Crippen LogP contribution in [0.25, 0.3) is 0 Å². The molecule has 1 aliphatic carbocycles. The van der Waals surface area contributed by atoms with Crippen molar-refractivity contribution in [3.8, 4) is 11.5 Å². The molecule has 0 fully saturated rings. The van der Waals surface area contributed by atoms with E-state index in [1.807, 2.05) is 19.9 Å². The molecular weight excluding hydrogens is 328 g/mol. The molecule has 1 aromatic rings. The Kier molecular flexibility index (Phi) is 7.13. The first-order valence-corrected chi connectivity index (χ1v) is 9.81. The smallest absolute Gasteiger partial charge is 0.339 e. The molecule has 0 unspecified atom stereocenters. The third-order valence-electron chi connectivity index (χ3n) is 4.95. The lowest BCUT2D eigenvalue weighted by Crippen LogP contribution is -2.14. The summed E-state index contributed by atoms with van der Waals surface area (Å²) in [7, 11) is 0. The fourth-order valence-electron chi connectivity index (χ4n) is 3.76. The number of allylic oxidation sites excluding steroid dienone is 2. The third-order valence-corrected chi connectivity index (χ3v) is 4.95. The molecule has 0 aromatic heterocycles. The minimum atomic E-state index is -1.07. The van der Waals surface area contributed by atoms with Crippen molar-refractivity contribution in [3.05, 3.63) is 34.4 Å². The highest BCUT2D eigenvalue weighted by Crippen LogP contribution is 2.44. The summed E-state index contributed by atoms with van der Waals surface area (Å²) in [6, 6.07) is 1.85. The molecule has 2 N–H and O–H groups in total. The fourth-order valence-corrected chi connectivity index (χ4v) is 3.76. The highest BCUT2D eigenvalue weighted by atomic mass is 16.5. The van der Waals surface area contributed by atoms with Gasteiger partial charge in [-0.1, -0.05) is 31.4 Å². The summed E-state index contributed by atoms with van der Waals surface area (Å²) < 4.78 is 6.01. The highest BCUT2D eigenvalue weighted by molar-refractivity contribution is 5.94. The Morgan fingerprint density at radius 2 is 2.08 bits per heavy atom. The van der Waals surface area contributed by atoms with Gasteiger partial charge in [0.1, 0.15) is 17.1 Å². The molecule has 0 spiro atoms. The normalized spacial score (nSPS) is 17.3. The third kappa shape index (κ3) is 4.80. The Bertz CT molecular complexity index is 673. The molecule has 0 saturated heterocycles. The number of unbranched alkanes of at least 4 members (excludes halogenated alkanes) is 2. The lowest BCUT2D eigenvalue weighted by molar-refractivity contribution is 0.0692. The van der Waals surface area contributed by atoms with Gasteiger partial charge in [-0.05, 0) is 64.5 Å². The highest BCUT2D eigenvalue weighted by Gasteiger charge is 2.28. The molecule has 0 amide bonds. The Morgan fingerprint density at radius 1 is 1.35 bits per heavy atom. The number of rotatable bonds is 8. The van der Waals surface area contributed by atoms with Crippen LogP contribution in [0.15, 0.2) is 17.7 Å². The van der Waals surface area contributed by atoms with Gasteiger partial charge >= 0.3 is 5.97 Å². The summed E-state index contributed by atoms with van der Waals surface area (Å²) in [6.07, 6.45) is 8.73. The molecule has 4 heteroatoms. The van der Waals surface area contributed by atoms with E-state index < -0.39 is 5.97 Å². The Morgan fingerprint density at radius 3 is 2.65 bits per heavy atom. The van der Waals surface area contributed by atoms with Crippen LogP contribution >= 0.6 is 0 Å². The molecule has 4 nitrogen and oxygen atoms in total. The van der Waals surface area contributed by atoms with Crippen molar-refractivity contribution >= 4 is 5.97 Å². The van der Waals surface area contributed by atoms with Crippen LogP contribution in [0.2, 0.25) is 0 Å². The van der Waals surface area contributed by atoms with Gasteiger partial charge in [-0.2, -0.15) is 0 Å². The second-order valence-corrected chi connectivity index (χ2v) is 7.61. The minimum Gasteiger partial charge on any atom is -0.507 e. The topological polar surface area (TPSA) is 66.8 Å². The van der Waals surface area contributed by atoms with Crippen LogP contribution in [-0.4, -0.2) is 22.3 Å². The zero-order valence-electron chi connectivity index (χ0n) is 16.5. The van der Waals surface area contributed by atoms with E-state index in [-0.39, 0.29) is 23.3 Å². The van der Waals surface area contributed by atoms with E-state index in [0.717, 1.165) is 38.5 Å². The molecule has 144 valence electrons. The molecule has 0 heterocycles. The van der Waals surface area contributed by atoms with Crippen molar-refractivity contribution in [2.45, 2.75) is 84.7 Å². The molecule has 1 aliphatic rings. The number of ether oxygens (including phenoxy) is 1. The maximum absolute atomic E-state index is 11.9. The second-order valence-electron chi connectivity index (χ2n) is 7.61. The van der Waals surface area contributed by atoms with Crippen LogP contribution in [0.5, 0.6) is 11.5 Å². The number of aromatic carboxylic acids is 1. The van der Waals surface area contributed by atoms with Gasteiger partial charge in [0.25, 0.3) is 0 Å². The van der Waals surface area contributed by atoms with Crippen LogP contribution in [0, 0.1) is 0 Å². The molecule has 0 saturated carbocycles. The van der Waals surface area contributed by atoms with Crippen molar-refractivity contribution in [1.29, 1.82) is 0 Å². The maximum atomic E-state index is 11.9. The zero-order chi connectivity index (χ0) is 19.3. The van der Waals surface area contributed by atoms with E-state index in [0.29, 0.717) is 23.3 Å². The molecule has 0 aliphatic heterocycles. The molecule has 2 rings (SSSR count). The van der Waals surface area contributed by atoms with Crippen molar-refractivity contribution in [2.75, 3.05) is 0 Å². The first-order valence-electron chi connectivity index (χ1n) is 9.81. The summed E-state index contributed by atoms with van der Waals surface area (Å²) in [5.41, 5.74) is 2.62. The summed E-state index contributed by atoms with van der Waals surface area (Å²) in [5, 5.41) is 20.7. The van der Waals surface area contributed by atoms with Crippen LogP contribution in [0.1, 0.15) is 93.6 Å². The largest absolute Gasteiger partial charge is 0.507 e. The predicted octanol–water partition coefficient (Wildman–Crippen LogP) is 5.82. The summed E-state index contributed by atoms with van der Waals surface area (Å²) >= 11 is 0. The SMILES string of the molecule is CCCCCc1cc(OC(C)C)c([C@@H]2C=C(C)CCC2)c(O)c1C(=O)O. The van der Waals surface area contributed by atoms with E-state index in [1.165, 1.54) is 5.57 Å². The van der Waals surface area contributed by atoms with Gasteiger partial charge < -0.3 is 14.9 Å². The maximum Gasteiger partial charge on any atom is 0.339 e. The van der Waals surface area contributed by atoms with E-state index in [1.54, 1.807) is 0 Å². The van der Waals surface area contributed by atoms with Crippen LogP contribution < -0.4 is 4.74 Å². The van der Waals surface area contributed by atoms with E-state index in [4.69, 9.17) is 4.74 Å². The summed E-state index contributed by atoms with van der Waals surface area (Å²) in [4.78, 5) is 11.9. The molecule has 1 aromatic carbocycles. The molecular formula is C22H32O4. The number of aromatic hydroxyl groups is 1.